The molecule has 0 aliphatic carbocycles. The van der Waals surface area contributed by atoms with Crippen molar-refractivity contribution in [1.29, 1.82) is 0 Å². The second-order valence-corrected chi connectivity index (χ2v) is 4.09. The summed E-state index contributed by atoms with van der Waals surface area (Å²) < 4.78 is 5.72. The van der Waals surface area contributed by atoms with Crippen LogP contribution in [0.1, 0.15) is 23.7 Å². The van der Waals surface area contributed by atoms with Crippen LogP contribution in [0, 0.1) is 0 Å². The molecule has 0 saturated carbocycles. The lowest BCUT2D eigenvalue weighted by Crippen LogP contribution is -1.97. The highest BCUT2D eigenvalue weighted by Gasteiger charge is 2.07. The van der Waals surface area contributed by atoms with Crippen LogP contribution in [0.3, 0.4) is 0 Å². The van der Waals surface area contributed by atoms with Crippen molar-refractivity contribution in [3.8, 4) is 16.9 Å². The molecule has 2 rings (SSSR count). The van der Waals surface area contributed by atoms with Gasteiger partial charge in [0, 0.05) is 11.1 Å². The minimum absolute atomic E-state index is 0.665. The van der Waals surface area contributed by atoms with Crippen molar-refractivity contribution < 1.29 is 9.53 Å². The predicted molar refractivity (Wildman–Crippen MR) is 73.1 cm³/mol. The van der Waals surface area contributed by atoms with E-state index in [-0.39, 0.29) is 0 Å². The van der Waals surface area contributed by atoms with Crippen molar-refractivity contribution in [2.75, 3.05) is 6.61 Å². The summed E-state index contributed by atoms with van der Waals surface area (Å²) in [5, 5.41) is 0. The molecule has 2 heteroatoms. The zero-order valence-corrected chi connectivity index (χ0v) is 10.4. The van der Waals surface area contributed by atoms with E-state index in [1.54, 1.807) is 6.07 Å². The molecule has 0 amide bonds. The SMILES string of the molecule is CCCOc1ccc(C=O)cc1-c1ccccc1. The van der Waals surface area contributed by atoms with E-state index in [0.29, 0.717) is 12.2 Å². The van der Waals surface area contributed by atoms with Gasteiger partial charge in [-0.2, -0.15) is 0 Å². The second kappa shape index (κ2) is 6.01. The molecule has 0 N–H and O–H groups in total. The first-order chi connectivity index (χ1) is 8.85. The van der Waals surface area contributed by atoms with Gasteiger partial charge in [-0.25, -0.2) is 0 Å². The molecule has 0 atom stereocenters. The van der Waals surface area contributed by atoms with E-state index in [1.165, 1.54) is 0 Å². The normalized spacial score (nSPS) is 10.1. The van der Waals surface area contributed by atoms with Gasteiger partial charge in [-0.3, -0.25) is 4.79 Å². The Bertz CT molecular complexity index is 518. The van der Waals surface area contributed by atoms with E-state index in [0.717, 1.165) is 29.6 Å². The number of carbonyl (C=O) groups excluding carboxylic acids is 1. The maximum absolute atomic E-state index is 10.9. The van der Waals surface area contributed by atoms with Crippen molar-refractivity contribution in [1.82, 2.24) is 0 Å². The van der Waals surface area contributed by atoms with Crippen molar-refractivity contribution in [2.24, 2.45) is 0 Å². The predicted octanol–water partition coefficient (Wildman–Crippen LogP) is 3.95. The Labute approximate surface area is 107 Å². The monoisotopic (exact) mass is 240 g/mol. The molecule has 0 spiro atoms. The summed E-state index contributed by atoms with van der Waals surface area (Å²) in [5.41, 5.74) is 2.69. The molecule has 0 saturated heterocycles. The molecule has 0 heterocycles. The average Bonchev–Trinajstić information content (AvgIpc) is 2.46. The van der Waals surface area contributed by atoms with Crippen molar-refractivity contribution >= 4 is 6.29 Å². The molecule has 0 aliphatic heterocycles. The lowest BCUT2D eigenvalue weighted by molar-refractivity contribution is 0.112. The Morgan fingerprint density at radius 2 is 1.89 bits per heavy atom. The maximum atomic E-state index is 10.9. The summed E-state index contributed by atoms with van der Waals surface area (Å²) in [4.78, 5) is 10.9. The third-order valence-corrected chi connectivity index (χ3v) is 2.69. The van der Waals surface area contributed by atoms with E-state index >= 15 is 0 Å². The smallest absolute Gasteiger partial charge is 0.150 e. The fourth-order valence-corrected chi connectivity index (χ4v) is 1.80. The fraction of sp³-hybridized carbons (Fsp3) is 0.188. The first-order valence-corrected chi connectivity index (χ1v) is 6.12. The Kier molecular flexibility index (Phi) is 4.13. The van der Waals surface area contributed by atoms with Crippen LogP contribution in [0.4, 0.5) is 0 Å². The molecule has 0 unspecified atom stereocenters. The Balaban J connectivity index is 2.44. The first-order valence-electron chi connectivity index (χ1n) is 6.12. The average molecular weight is 240 g/mol. The number of hydrogen-bond donors (Lipinski definition) is 0. The minimum Gasteiger partial charge on any atom is -0.493 e. The fourth-order valence-electron chi connectivity index (χ4n) is 1.80. The topological polar surface area (TPSA) is 26.3 Å². The minimum atomic E-state index is 0.665. The number of hydrogen-bond acceptors (Lipinski definition) is 2. The van der Waals surface area contributed by atoms with Crippen molar-refractivity contribution in [3.63, 3.8) is 0 Å². The van der Waals surface area contributed by atoms with Gasteiger partial charge in [-0.15, -0.1) is 0 Å². The number of benzene rings is 2. The van der Waals surface area contributed by atoms with Gasteiger partial charge < -0.3 is 4.74 Å². The number of rotatable bonds is 5. The zero-order valence-electron chi connectivity index (χ0n) is 10.4. The van der Waals surface area contributed by atoms with Gasteiger partial charge in [-0.1, -0.05) is 37.3 Å². The molecule has 18 heavy (non-hydrogen) atoms. The van der Waals surface area contributed by atoms with Gasteiger partial charge in [0.05, 0.1) is 6.61 Å². The summed E-state index contributed by atoms with van der Waals surface area (Å²) in [5.74, 6) is 0.827. The van der Waals surface area contributed by atoms with Crippen LogP contribution in [0.15, 0.2) is 48.5 Å². The van der Waals surface area contributed by atoms with Gasteiger partial charge >= 0.3 is 0 Å². The van der Waals surface area contributed by atoms with Gasteiger partial charge in [-0.05, 0) is 30.2 Å². The van der Waals surface area contributed by atoms with Crippen LogP contribution < -0.4 is 4.74 Å². The van der Waals surface area contributed by atoms with Crippen LogP contribution in [-0.4, -0.2) is 12.9 Å². The van der Waals surface area contributed by atoms with E-state index in [4.69, 9.17) is 4.74 Å². The van der Waals surface area contributed by atoms with E-state index in [9.17, 15) is 4.79 Å². The van der Waals surface area contributed by atoms with Crippen LogP contribution in [0.2, 0.25) is 0 Å². The number of carbonyl (C=O) groups is 1. The highest BCUT2D eigenvalue weighted by atomic mass is 16.5. The summed E-state index contributed by atoms with van der Waals surface area (Å²) >= 11 is 0. The van der Waals surface area contributed by atoms with Gasteiger partial charge in [0.1, 0.15) is 12.0 Å². The Morgan fingerprint density at radius 3 is 2.56 bits per heavy atom. The van der Waals surface area contributed by atoms with E-state index in [1.807, 2.05) is 42.5 Å². The summed E-state index contributed by atoms with van der Waals surface area (Å²) in [6.07, 6.45) is 1.82. The molecule has 2 nitrogen and oxygen atoms in total. The van der Waals surface area contributed by atoms with E-state index in [2.05, 4.69) is 6.92 Å². The molecular formula is C16H16O2. The van der Waals surface area contributed by atoms with Gasteiger partial charge in [0.15, 0.2) is 0 Å². The lowest BCUT2D eigenvalue weighted by Gasteiger charge is -2.11. The van der Waals surface area contributed by atoms with Crippen LogP contribution in [-0.2, 0) is 0 Å². The second-order valence-electron chi connectivity index (χ2n) is 4.09. The van der Waals surface area contributed by atoms with Crippen molar-refractivity contribution in [3.05, 3.63) is 54.1 Å². The largest absolute Gasteiger partial charge is 0.493 e. The van der Waals surface area contributed by atoms with Gasteiger partial charge in [0.2, 0.25) is 0 Å². The first kappa shape index (κ1) is 12.4. The molecule has 0 fully saturated rings. The van der Waals surface area contributed by atoms with Crippen LogP contribution in [0.25, 0.3) is 11.1 Å². The molecule has 2 aromatic carbocycles. The number of aldehydes is 1. The summed E-state index contributed by atoms with van der Waals surface area (Å²) in [6.45, 7) is 2.75. The van der Waals surface area contributed by atoms with Crippen LogP contribution in [0.5, 0.6) is 5.75 Å². The third kappa shape index (κ3) is 2.77. The summed E-state index contributed by atoms with van der Waals surface area (Å²) in [6, 6.07) is 15.5. The molecule has 0 bridgehead atoms. The summed E-state index contributed by atoms with van der Waals surface area (Å²) in [7, 11) is 0. The molecular weight excluding hydrogens is 224 g/mol. The Hall–Kier alpha value is -2.09. The van der Waals surface area contributed by atoms with E-state index < -0.39 is 0 Å². The molecule has 0 radical (unpaired) electrons. The highest BCUT2D eigenvalue weighted by molar-refractivity contribution is 5.81. The highest BCUT2D eigenvalue weighted by Crippen LogP contribution is 2.30. The quantitative estimate of drug-likeness (QED) is 0.739. The van der Waals surface area contributed by atoms with Gasteiger partial charge in [0.25, 0.3) is 0 Å². The third-order valence-electron chi connectivity index (χ3n) is 2.69. The zero-order chi connectivity index (χ0) is 12.8. The van der Waals surface area contributed by atoms with Crippen molar-refractivity contribution in [2.45, 2.75) is 13.3 Å². The molecule has 2 aromatic rings. The Morgan fingerprint density at radius 1 is 1.11 bits per heavy atom. The molecule has 0 aromatic heterocycles. The molecule has 0 aliphatic rings. The van der Waals surface area contributed by atoms with Crippen LogP contribution >= 0.6 is 0 Å². The number of ether oxygens (including phenoxy) is 1. The standard InChI is InChI=1S/C16H16O2/c1-2-10-18-16-9-8-13(12-17)11-15(16)14-6-4-3-5-7-14/h3-9,11-12H,2,10H2,1H3. The molecule has 92 valence electrons. The maximum Gasteiger partial charge on any atom is 0.150 e. The lowest BCUT2D eigenvalue weighted by atomic mass is 10.0.